The number of benzene rings is 1. The fourth-order valence-electron chi connectivity index (χ4n) is 3.86. The molecule has 1 amide bonds. The van der Waals surface area contributed by atoms with E-state index in [-0.39, 0.29) is 42.6 Å². The van der Waals surface area contributed by atoms with Gasteiger partial charge in [-0.05, 0) is 42.5 Å². The van der Waals surface area contributed by atoms with Gasteiger partial charge in [0.05, 0.1) is 30.3 Å². The molecule has 42 heavy (non-hydrogen) atoms. The number of hydrogen-bond donors (Lipinski definition) is 4. The van der Waals surface area contributed by atoms with Gasteiger partial charge in [0, 0.05) is 24.1 Å². The molecule has 0 bridgehead atoms. The Morgan fingerprint density at radius 1 is 1.12 bits per heavy atom. The summed E-state index contributed by atoms with van der Waals surface area (Å²) in [5.41, 5.74) is 6.08. The van der Waals surface area contributed by atoms with Crippen molar-refractivity contribution in [2.45, 2.75) is 57.1 Å². The Bertz CT molecular complexity index is 1430. The van der Waals surface area contributed by atoms with Crippen LogP contribution in [-0.2, 0) is 28.8 Å². The van der Waals surface area contributed by atoms with Crippen LogP contribution in [0.2, 0.25) is 0 Å². The summed E-state index contributed by atoms with van der Waals surface area (Å²) in [5, 5.41) is 31.2. The van der Waals surface area contributed by atoms with Gasteiger partial charge in [-0.1, -0.05) is 19.8 Å². The zero-order chi connectivity index (χ0) is 31.0. The van der Waals surface area contributed by atoms with Crippen molar-refractivity contribution in [2.24, 2.45) is 11.7 Å². The molecule has 0 spiro atoms. The van der Waals surface area contributed by atoms with Crippen LogP contribution in [0, 0.1) is 27.9 Å². The van der Waals surface area contributed by atoms with Crippen molar-refractivity contribution in [3.05, 3.63) is 63.6 Å². The van der Waals surface area contributed by atoms with E-state index in [9.17, 15) is 38.3 Å². The summed E-state index contributed by atoms with van der Waals surface area (Å²) in [7, 11) is -4.56. The number of nitro benzene ring substituents is 1. The number of nitrogens with two attached hydrogens (primary N) is 1. The molecule has 0 radical (unpaired) electrons. The van der Waals surface area contributed by atoms with Gasteiger partial charge < -0.3 is 29.8 Å². The van der Waals surface area contributed by atoms with Gasteiger partial charge in [-0.3, -0.25) is 19.1 Å². The van der Waals surface area contributed by atoms with Crippen LogP contribution in [0.25, 0.3) is 0 Å². The lowest BCUT2D eigenvalue weighted by Gasteiger charge is -2.17. The van der Waals surface area contributed by atoms with E-state index < -0.39 is 64.2 Å². The average molecular weight is 610 g/mol. The largest absolute Gasteiger partial charge is 0.460 e. The number of nitro groups is 1. The number of nitrogens with one attached hydrogen (secondary N) is 1. The number of nitrogens with zero attached hydrogens (tertiary/aromatic N) is 1. The molecule has 2 aromatic rings. The minimum Gasteiger partial charge on any atom is -0.460 e. The van der Waals surface area contributed by atoms with Gasteiger partial charge in [0.15, 0.2) is 5.76 Å². The SMILES string of the molecule is CC(C)CC(N)C(=O)NS(=O)(=O)OCC1OC(CCOC(=O)c2ccc(C#Cc3ccc([N+](=O)[O-])cc3)o2)C(O)C1O. The normalized spacial score (nSPS) is 20.9. The molecule has 16 heteroatoms. The standard InChI is InChI=1S/C26H31N3O12S/c1-15(2)13-19(27)25(32)28-42(36,37)39-14-22-24(31)23(30)20(41-22)11-12-38-26(33)21-10-9-18(40-21)8-5-16-3-6-17(7-4-16)29(34)35/h3-4,6-7,9-10,15,19-20,22-24,30-31H,11-14,27H2,1-2H3,(H,28,32). The molecular weight excluding hydrogens is 578 g/mol. The quantitative estimate of drug-likeness (QED) is 0.110. The lowest BCUT2D eigenvalue weighted by atomic mass is 10.0. The number of esters is 1. The van der Waals surface area contributed by atoms with Gasteiger partial charge in [0.2, 0.25) is 5.76 Å². The van der Waals surface area contributed by atoms with E-state index >= 15 is 0 Å². The molecule has 1 saturated heterocycles. The number of aliphatic hydroxyl groups is 2. The number of aliphatic hydroxyl groups excluding tert-OH is 2. The second kappa shape index (κ2) is 14.4. The van der Waals surface area contributed by atoms with Crippen LogP contribution in [0.3, 0.4) is 0 Å². The number of non-ortho nitro benzene ring substituents is 1. The Morgan fingerprint density at radius 3 is 2.43 bits per heavy atom. The molecule has 5 N–H and O–H groups in total. The number of rotatable bonds is 12. The molecule has 1 aliphatic heterocycles. The summed E-state index contributed by atoms with van der Waals surface area (Å²) in [6.07, 6.45) is -5.01. The van der Waals surface area contributed by atoms with Gasteiger partial charge in [-0.2, -0.15) is 8.42 Å². The Balaban J connectivity index is 1.45. The maximum atomic E-state index is 12.3. The van der Waals surface area contributed by atoms with Crippen molar-refractivity contribution in [3.63, 3.8) is 0 Å². The van der Waals surface area contributed by atoms with Crippen molar-refractivity contribution in [1.82, 2.24) is 4.72 Å². The lowest BCUT2D eigenvalue weighted by molar-refractivity contribution is -0.384. The summed E-state index contributed by atoms with van der Waals surface area (Å²) in [6.45, 7) is 2.69. The summed E-state index contributed by atoms with van der Waals surface area (Å²) in [6, 6.07) is 7.27. The van der Waals surface area contributed by atoms with Crippen molar-refractivity contribution in [3.8, 4) is 11.8 Å². The van der Waals surface area contributed by atoms with E-state index in [4.69, 9.17) is 23.8 Å². The van der Waals surface area contributed by atoms with Crippen LogP contribution < -0.4 is 10.5 Å². The number of furan rings is 1. The van der Waals surface area contributed by atoms with Crippen LogP contribution >= 0.6 is 0 Å². The molecule has 228 valence electrons. The van der Waals surface area contributed by atoms with Gasteiger partial charge in [0.1, 0.15) is 18.3 Å². The van der Waals surface area contributed by atoms with E-state index in [1.807, 2.05) is 13.8 Å². The Morgan fingerprint density at radius 2 is 1.79 bits per heavy atom. The third-order valence-corrected chi connectivity index (χ3v) is 6.88. The number of ether oxygens (including phenoxy) is 2. The van der Waals surface area contributed by atoms with Gasteiger partial charge >= 0.3 is 16.3 Å². The highest BCUT2D eigenvalue weighted by molar-refractivity contribution is 7.85. The fourth-order valence-corrected chi connectivity index (χ4v) is 4.63. The van der Waals surface area contributed by atoms with E-state index in [1.165, 1.54) is 36.4 Å². The van der Waals surface area contributed by atoms with Crippen molar-refractivity contribution in [1.29, 1.82) is 0 Å². The first-order valence-corrected chi connectivity index (χ1v) is 14.2. The fraction of sp³-hybridized carbons (Fsp3) is 0.462. The number of carbonyl (C=O) groups is 2. The highest BCUT2D eigenvalue weighted by atomic mass is 32.2. The third kappa shape index (κ3) is 9.34. The minimum absolute atomic E-state index is 0.0540. The Kier molecular flexibility index (Phi) is 11.2. The predicted octanol–water partition coefficient (Wildman–Crippen LogP) is 0.375. The summed E-state index contributed by atoms with van der Waals surface area (Å²) >= 11 is 0. The lowest BCUT2D eigenvalue weighted by Crippen LogP contribution is -2.45. The molecule has 1 fully saturated rings. The molecule has 3 rings (SSSR count). The molecule has 0 aliphatic carbocycles. The molecule has 1 aliphatic rings. The van der Waals surface area contributed by atoms with Gasteiger partial charge in [-0.15, -0.1) is 0 Å². The minimum atomic E-state index is -4.56. The van der Waals surface area contributed by atoms with E-state index in [1.54, 1.807) is 4.72 Å². The summed E-state index contributed by atoms with van der Waals surface area (Å²) in [5.74, 6) is 3.72. The van der Waals surface area contributed by atoms with Crippen LogP contribution in [-0.4, -0.2) is 79.1 Å². The molecule has 2 heterocycles. The monoisotopic (exact) mass is 609 g/mol. The van der Waals surface area contributed by atoms with Crippen molar-refractivity contribution in [2.75, 3.05) is 13.2 Å². The maximum absolute atomic E-state index is 12.3. The summed E-state index contributed by atoms with van der Waals surface area (Å²) < 4.78 is 46.5. The van der Waals surface area contributed by atoms with Gasteiger partial charge in [0.25, 0.3) is 11.6 Å². The molecule has 5 atom stereocenters. The van der Waals surface area contributed by atoms with Gasteiger partial charge in [-0.25, -0.2) is 9.52 Å². The Labute approximate surface area is 241 Å². The predicted molar refractivity (Wildman–Crippen MR) is 144 cm³/mol. The zero-order valence-corrected chi connectivity index (χ0v) is 23.5. The van der Waals surface area contributed by atoms with Crippen LogP contribution in [0.5, 0.6) is 0 Å². The topological polar surface area (TPSA) is 231 Å². The van der Waals surface area contributed by atoms with Crippen LogP contribution in [0.1, 0.15) is 48.6 Å². The first-order valence-electron chi connectivity index (χ1n) is 12.8. The van der Waals surface area contributed by atoms with Crippen molar-refractivity contribution < 1.29 is 51.2 Å². The average Bonchev–Trinajstić information content (AvgIpc) is 3.51. The molecule has 0 saturated carbocycles. The second-order valence-corrected chi connectivity index (χ2v) is 11.1. The second-order valence-electron chi connectivity index (χ2n) is 9.78. The number of hydrogen-bond acceptors (Lipinski definition) is 13. The highest BCUT2D eigenvalue weighted by Crippen LogP contribution is 2.24. The van der Waals surface area contributed by atoms with E-state index in [0.717, 1.165) is 0 Å². The summed E-state index contributed by atoms with van der Waals surface area (Å²) in [4.78, 5) is 34.5. The van der Waals surface area contributed by atoms with E-state index in [0.29, 0.717) is 5.56 Å². The smallest absolute Gasteiger partial charge is 0.374 e. The number of amides is 1. The molecule has 1 aromatic carbocycles. The Hall–Kier alpha value is -3.85. The van der Waals surface area contributed by atoms with Crippen LogP contribution in [0.15, 0.2) is 40.8 Å². The third-order valence-electron chi connectivity index (χ3n) is 5.99. The molecule has 1 aromatic heterocycles. The first-order chi connectivity index (χ1) is 19.8. The number of carbonyl (C=O) groups excluding carboxylic acids is 2. The zero-order valence-electron chi connectivity index (χ0n) is 22.7. The van der Waals surface area contributed by atoms with Crippen LogP contribution in [0.4, 0.5) is 5.69 Å². The van der Waals surface area contributed by atoms with Crippen molar-refractivity contribution >= 4 is 27.9 Å². The highest BCUT2D eigenvalue weighted by Gasteiger charge is 2.43. The molecule has 5 unspecified atom stereocenters. The first kappa shape index (κ1) is 32.7. The van der Waals surface area contributed by atoms with E-state index in [2.05, 4.69) is 11.8 Å². The molecular formula is C26H31N3O12S. The maximum Gasteiger partial charge on any atom is 0.374 e. The molecule has 15 nitrogen and oxygen atoms in total.